The summed E-state index contributed by atoms with van der Waals surface area (Å²) in [6.45, 7) is 3.99. The van der Waals surface area contributed by atoms with Crippen LogP contribution in [0.5, 0.6) is 5.75 Å². The van der Waals surface area contributed by atoms with E-state index in [1.165, 1.54) is 4.88 Å². The molecule has 0 amide bonds. The lowest BCUT2D eigenvalue weighted by Gasteiger charge is -2.09. The maximum atomic E-state index is 8.95. The van der Waals surface area contributed by atoms with Crippen LogP contribution in [0.2, 0.25) is 0 Å². The third-order valence-electron chi connectivity index (χ3n) is 4.75. The monoisotopic (exact) mass is 415 g/mol. The molecule has 0 bridgehead atoms. The van der Waals surface area contributed by atoms with Gasteiger partial charge in [-0.1, -0.05) is 12.1 Å². The highest BCUT2D eigenvalue weighted by Crippen LogP contribution is 2.33. The average molecular weight is 416 g/mol. The molecule has 0 radical (unpaired) electrons. The van der Waals surface area contributed by atoms with E-state index in [1.54, 1.807) is 24.6 Å². The summed E-state index contributed by atoms with van der Waals surface area (Å²) in [4.78, 5) is 13.5. The van der Waals surface area contributed by atoms with Gasteiger partial charge in [0, 0.05) is 34.9 Å². The van der Waals surface area contributed by atoms with E-state index in [4.69, 9.17) is 10.00 Å². The van der Waals surface area contributed by atoms with Crippen LogP contribution in [0.25, 0.3) is 11.4 Å². The number of H-pyrrole nitrogens is 1. The fraction of sp³-hybridized carbons (Fsp3) is 0.174. The van der Waals surface area contributed by atoms with Crippen LogP contribution < -0.4 is 10.1 Å². The molecule has 0 saturated carbocycles. The van der Waals surface area contributed by atoms with Gasteiger partial charge in [-0.15, -0.1) is 11.3 Å². The summed E-state index contributed by atoms with van der Waals surface area (Å²) in [5.41, 5.74) is 5.64. The van der Waals surface area contributed by atoms with Gasteiger partial charge in [0.25, 0.3) is 0 Å². The Morgan fingerprint density at radius 2 is 1.97 bits per heavy atom. The first kappa shape index (κ1) is 19.7. The van der Waals surface area contributed by atoms with Gasteiger partial charge in [0.1, 0.15) is 11.6 Å². The molecule has 0 unspecified atom stereocenters. The van der Waals surface area contributed by atoms with Crippen LogP contribution in [0.3, 0.4) is 0 Å². The number of nitrogens with zero attached hydrogens (tertiary/aromatic N) is 3. The molecule has 0 saturated heterocycles. The molecule has 0 spiro atoms. The number of nitrogens with one attached hydrogen (secondary N) is 2. The van der Waals surface area contributed by atoms with Crippen molar-refractivity contribution in [2.45, 2.75) is 20.3 Å². The second-order valence-corrected chi connectivity index (χ2v) is 8.05. The summed E-state index contributed by atoms with van der Waals surface area (Å²) in [5, 5.41) is 13.2. The van der Waals surface area contributed by atoms with E-state index in [9.17, 15) is 0 Å². The smallest absolute Gasteiger partial charge is 0.187 e. The number of hydrogen-bond donors (Lipinski definition) is 2. The summed E-state index contributed by atoms with van der Waals surface area (Å²) in [6.07, 6.45) is 2.59. The van der Waals surface area contributed by atoms with Gasteiger partial charge in [0.05, 0.1) is 30.0 Å². The van der Waals surface area contributed by atoms with Crippen LogP contribution in [-0.4, -0.2) is 22.1 Å². The molecular formula is C23H21N5OS. The van der Waals surface area contributed by atoms with E-state index in [-0.39, 0.29) is 0 Å². The molecule has 0 aliphatic rings. The number of benzene rings is 2. The fourth-order valence-corrected chi connectivity index (χ4v) is 4.18. The summed E-state index contributed by atoms with van der Waals surface area (Å²) < 4.78 is 5.57. The molecule has 2 aromatic heterocycles. The molecule has 2 heterocycles. The largest absolute Gasteiger partial charge is 0.496 e. The molecule has 0 aliphatic heterocycles. The standard InChI is InChI=1S/C23H21N5OS/c1-14-13-25-22(26-14)19-9-8-18(11-20(19)29-3)28-23-27-15(2)21(30-23)10-16-4-6-17(12-24)7-5-16/h4-9,11,13H,10H2,1-3H3,(H,25,26)(H,27,28). The van der Waals surface area contributed by atoms with Gasteiger partial charge >= 0.3 is 0 Å². The van der Waals surface area contributed by atoms with Gasteiger partial charge < -0.3 is 15.0 Å². The zero-order valence-corrected chi connectivity index (χ0v) is 17.8. The van der Waals surface area contributed by atoms with E-state index in [2.05, 4.69) is 26.3 Å². The number of aromatic nitrogens is 3. The molecular weight excluding hydrogens is 394 g/mol. The van der Waals surface area contributed by atoms with Crippen LogP contribution >= 0.6 is 11.3 Å². The Kier molecular flexibility index (Phi) is 5.50. The van der Waals surface area contributed by atoms with E-state index in [0.717, 1.165) is 51.3 Å². The minimum absolute atomic E-state index is 0.671. The number of nitriles is 1. The lowest BCUT2D eigenvalue weighted by atomic mass is 10.1. The summed E-state index contributed by atoms with van der Waals surface area (Å²) >= 11 is 1.63. The number of ether oxygens (including phenoxy) is 1. The van der Waals surface area contributed by atoms with Crippen LogP contribution in [0.4, 0.5) is 10.8 Å². The van der Waals surface area contributed by atoms with Crippen molar-refractivity contribution in [1.29, 1.82) is 5.26 Å². The van der Waals surface area contributed by atoms with Crippen molar-refractivity contribution in [3.05, 3.63) is 76.1 Å². The Morgan fingerprint density at radius 3 is 2.63 bits per heavy atom. The lowest BCUT2D eigenvalue weighted by Crippen LogP contribution is -1.94. The number of anilines is 2. The highest BCUT2D eigenvalue weighted by molar-refractivity contribution is 7.15. The zero-order valence-electron chi connectivity index (χ0n) is 17.0. The van der Waals surface area contributed by atoms with Crippen molar-refractivity contribution >= 4 is 22.2 Å². The molecule has 0 fully saturated rings. The second-order valence-electron chi connectivity index (χ2n) is 6.97. The van der Waals surface area contributed by atoms with Gasteiger partial charge in [-0.25, -0.2) is 9.97 Å². The van der Waals surface area contributed by atoms with Gasteiger partial charge in [-0.05, 0) is 43.7 Å². The lowest BCUT2D eigenvalue weighted by molar-refractivity contribution is 0.416. The molecule has 0 atom stereocenters. The molecule has 2 N–H and O–H groups in total. The summed E-state index contributed by atoms with van der Waals surface area (Å²) in [5.74, 6) is 1.52. The van der Waals surface area contributed by atoms with Crippen LogP contribution in [0.15, 0.2) is 48.7 Å². The molecule has 2 aromatic carbocycles. The Hall–Kier alpha value is -3.63. The zero-order chi connectivity index (χ0) is 21.1. The number of imidazole rings is 1. The molecule has 0 aliphatic carbocycles. The Labute approximate surface area is 179 Å². The Morgan fingerprint density at radius 1 is 1.17 bits per heavy atom. The topological polar surface area (TPSA) is 86.6 Å². The van der Waals surface area contributed by atoms with Crippen LogP contribution in [0, 0.1) is 25.2 Å². The third-order valence-corrected chi connectivity index (χ3v) is 5.82. The first-order chi connectivity index (χ1) is 14.6. The third kappa shape index (κ3) is 4.19. The first-order valence-corrected chi connectivity index (χ1v) is 10.3. The van der Waals surface area contributed by atoms with Crippen molar-refractivity contribution in [2.24, 2.45) is 0 Å². The molecule has 150 valence electrons. The van der Waals surface area contributed by atoms with E-state index in [0.29, 0.717) is 5.56 Å². The Balaban J connectivity index is 1.53. The van der Waals surface area contributed by atoms with E-state index >= 15 is 0 Å². The van der Waals surface area contributed by atoms with E-state index < -0.39 is 0 Å². The number of aromatic amines is 1. The van der Waals surface area contributed by atoms with Gasteiger partial charge in [0.2, 0.25) is 0 Å². The van der Waals surface area contributed by atoms with Gasteiger partial charge in [-0.2, -0.15) is 5.26 Å². The molecule has 6 nitrogen and oxygen atoms in total. The number of methoxy groups -OCH3 is 1. The van der Waals surface area contributed by atoms with Crippen molar-refractivity contribution in [1.82, 2.24) is 15.0 Å². The van der Waals surface area contributed by atoms with Crippen molar-refractivity contribution in [3.63, 3.8) is 0 Å². The molecule has 7 heteroatoms. The maximum absolute atomic E-state index is 8.95. The Bertz CT molecular complexity index is 1220. The number of thiazole rings is 1. The normalized spacial score (nSPS) is 10.6. The van der Waals surface area contributed by atoms with Crippen LogP contribution in [-0.2, 0) is 6.42 Å². The fourth-order valence-electron chi connectivity index (χ4n) is 3.17. The number of hydrogen-bond acceptors (Lipinski definition) is 6. The van der Waals surface area contributed by atoms with Crippen molar-refractivity contribution < 1.29 is 4.74 Å². The van der Waals surface area contributed by atoms with Gasteiger partial charge in [0.15, 0.2) is 5.13 Å². The van der Waals surface area contributed by atoms with Crippen molar-refractivity contribution in [2.75, 3.05) is 12.4 Å². The van der Waals surface area contributed by atoms with Crippen LogP contribution in [0.1, 0.15) is 27.4 Å². The summed E-state index contributed by atoms with van der Waals surface area (Å²) in [6, 6.07) is 15.7. The first-order valence-electron chi connectivity index (χ1n) is 9.48. The van der Waals surface area contributed by atoms with Crippen molar-refractivity contribution in [3.8, 4) is 23.2 Å². The number of aryl methyl sites for hydroxylation is 2. The second kappa shape index (κ2) is 8.39. The predicted octanol–water partition coefficient (Wildman–Crippen LogP) is 5.36. The number of rotatable bonds is 6. The minimum Gasteiger partial charge on any atom is -0.496 e. The highest BCUT2D eigenvalue weighted by Gasteiger charge is 2.12. The SMILES string of the molecule is COc1cc(Nc2nc(C)c(Cc3ccc(C#N)cc3)s2)ccc1-c1ncc(C)[nH]1. The molecule has 30 heavy (non-hydrogen) atoms. The minimum atomic E-state index is 0.671. The summed E-state index contributed by atoms with van der Waals surface area (Å²) in [7, 11) is 1.65. The maximum Gasteiger partial charge on any atom is 0.187 e. The van der Waals surface area contributed by atoms with Gasteiger partial charge in [-0.3, -0.25) is 0 Å². The average Bonchev–Trinajstić information content (AvgIpc) is 3.33. The predicted molar refractivity (Wildman–Crippen MR) is 119 cm³/mol. The molecule has 4 aromatic rings. The molecule has 4 rings (SSSR count). The van der Waals surface area contributed by atoms with E-state index in [1.807, 2.05) is 56.3 Å². The highest BCUT2D eigenvalue weighted by atomic mass is 32.1. The quantitative estimate of drug-likeness (QED) is 0.442.